The standard InChI is InChI=1S/C13H17N3O4S/c1-3-19-12(17)10(13(18)20-4-2)11(14)16-15-8-9-6-5-7-21-9/h5-8,17H,3-4H2,1-2H3,(H2,14,16). The Morgan fingerprint density at radius 1 is 1.43 bits per heavy atom. The van der Waals surface area contributed by atoms with E-state index in [0.717, 1.165) is 4.88 Å². The third kappa shape index (κ3) is 5.27. The molecule has 0 saturated carbocycles. The van der Waals surface area contributed by atoms with Gasteiger partial charge in [0.25, 0.3) is 5.95 Å². The van der Waals surface area contributed by atoms with E-state index in [9.17, 15) is 9.90 Å². The first kappa shape index (κ1) is 16.7. The first-order chi connectivity index (χ1) is 10.1. The zero-order chi connectivity index (χ0) is 15.7. The van der Waals surface area contributed by atoms with Crippen molar-refractivity contribution in [2.45, 2.75) is 13.8 Å². The van der Waals surface area contributed by atoms with Gasteiger partial charge in [0.15, 0.2) is 11.4 Å². The molecule has 21 heavy (non-hydrogen) atoms. The molecule has 3 N–H and O–H groups in total. The highest BCUT2D eigenvalue weighted by Gasteiger charge is 2.22. The minimum absolute atomic E-state index is 0.132. The molecule has 0 saturated heterocycles. The summed E-state index contributed by atoms with van der Waals surface area (Å²) < 4.78 is 9.67. The number of nitrogens with zero attached hydrogens (tertiary/aromatic N) is 2. The topological polar surface area (TPSA) is 107 Å². The van der Waals surface area contributed by atoms with Gasteiger partial charge in [-0.1, -0.05) is 6.07 Å². The number of hydrogen-bond donors (Lipinski definition) is 2. The second-order valence-corrected chi connectivity index (χ2v) is 4.56. The van der Waals surface area contributed by atoms with Crippen LogP contribution in [0.15, 0.2) is 39.2 Å². The van der Waals surface area contributed by atoms with Gasteiger partial charge in [-0.2, -0.15) is 5.10 Å². The van der Waals surface area contributed by atoms with Crippen LogP contribution in [-0.2, 0) is 14.3 Å². The molecule has 0 radical (unpaired) electrons. The second kappa shape index (κ2) is 8.75. The van der Waals surface area contributed by atoms with E-state index in [-0.39, 0.29) is 24.6 Å². The summed E-state index contributed by atoms with van der Waals surface area (Å²) in [5, 5.41) is 19.0. The first-order valence-electron chi connectivity index (χ1n) is 6.23. The van der Waals surface area contributed by atoms with E-state index < -0.39 is 11.9 Å². The molecule has 7 nitrogen and oxygen atoms in total. The predicted molar refractivity (Wildman–Crippen MR) is 81.4 cm³/mol. The van der Waals surface area contributed by atoms with E-state index >= 15 is 0 Å². The van der Waals surface area contributed by atoms with Crippen molar-refractivity contribution in [1.82, 2.24) is 0 Å². The van der Waals surface area contributed by atoms with E-state index in [1.54, 1.807) is 13.8 Å². The highest BCUT2D eigenvalue weighted by atomic mass is 32.1. The lowest BCUT2D eigenvalue weighted by Gasteiger charge is -2.08. The second-order valence-electron chi connectivity index (χ2n) is 3.58. The van der Waals surface area contributed by atoms with Crippen molar-refractivity contribution in [2.24, 2.45) is 15.9 Å². The van der Waals surface area contributed by atoms with Crippen LogP contribution in [0, 0.1) is 0 Å². The van der Waals surface area contributed by atoms with Gasteiger partial charge in [0.2, 0.25) is 0 Å². The summed E-state index contributed by atoms with van der Waals surface area (Å²) in [4.78, 5) is 12.6. The van der Waals surface area contributed by atoms with Crippen molar-refractivity contribution >= 4 is 29.4 Å². The van der Waals surface area contributed by atoms with Crippen LogP contribution in [0.3, 0.4) is 0 Å². The van der Waals surface area contributed by atoms with Gasteiger partial charge in [-0.05, 0) is 25.3 Å². The molecule has 0 fully saturated rings. The molecule has 0 unspecified atom stereocenters. The number of aliphatic hydroxyl groups is 1. The van der Waals surface area contributed by atoms with Crippen LogP contribution in [0.5, 0.6) is 0 Å². The highest BCUT2D eigenvalue weighted by Crippen LogP contribution is 2.08. The van der Waals surface area contributed by atoms with Gasteiger partial charge in [-0.3, -0.25) is 0 Å². The molecule has 1 heterocycles. The van der Waals surface area contributed by atoms with Gasteiger partial charge in [0.05, 0.1) is 19.4 Å². The molecule has 114 valence electrons. The zero-order valence-corrected chi connectivity index (χ0v) is 12.6. The van der Waals surface area contributed by atoms with E-state index in [4.69, 9.17) is 15.2 Å². The maximum atomic E-state index is 11.8. The van der Waals surface area contributed by atoms with Gasteiger partial charge in [0, 0.05) is 4.88 Å². The van der Waals surface area contributed by atoms with Crippen LogP contribution >= 0.6 is 11.3 Å². The summed E-state index contributed by atoms with van der Waals surface area (Å²) >= 11 is 1.47. The molecule has 0 aromatic carbocycles. The summed E-state index contributed by atoms with van der Waals surface area (Å²) in [6.45, 7) is 3.59. The van der Waals surface area contributed by atoms with Crippen molar-refractivity contribution in [2.75, 3.05) is 13.2 Å². The highest BCUT2D eigenvalue weighted by molar-refractivity contribution is 7.11. The maximum absolute atomic E-state index is 11.8. The lowest BCUT2D eigenvalue weighted by Crippen LogP contribution is -2.25. The number of rotatable bonds is 7. The Balaban J connectivity index is 2.96. The Kier molecular flexibility index (Phi) is 6.96. The summed E-state index contributed by atoms with van der Waals surface area (Å²) in [7, 11) is 0. The van der Waals surface area contributed by atoms with Crippen LogP contribution in [0.25, 0.3) is 0 Å². The van der Waals surface area contributed by atoms with Crippen molar-refractivity contribution in [1.29, 1.82) is 0 Å². The minimum Gasteiger partial charge on any atom is -0.480 e. The van der Waals surface area contributed by atoms with E-state index in [1.165, 1.54) is 17.6 Å². The van der Waals surface area contributed by atoms with Gasteiger partial charge < -0.3 is 20.3 Å². The number of ether oxygens (including phenoxy) is 2. The molecule has 1 aromatic heterocycles. The normalized spacial score (nSPS) is 13.1. The first-order valence-corrected chi connectivity index (χ1v) is 7.11. The number of amidine groups is 1. The quantitative estimate of drug-likeness (QED) is 0.199. The van der Waals surface area contributed by atoms with Crippen molar-refractivity contribution in [3.63, 3.8) is 0 Å². The van der Waals surface area contributed by atoms with Crippen LogP contribution in [0.2, 0.25) is 0 Å². The molecule has 0 aliphatic heterocycles. The fourth-order valence-electron chi connectivity index (χ4n) is 1.28. The number of esters is 1. The monoisotopic (exact) mass is 311 g/mol. The number of carbonyl (C=O) groups is 1. The van der Waals surface area contributed by atoms with E-state index in [2.05, 4.69) is 10.2 Å². The Hall–Kier alpha value is -2.35. The van der Waals surface area contributed by atoms with Crippen LogP contribution < -0.4 is 5.73 Å². The van der Waals surface area contributed by atoms with E-state index in [0.29, 0.717) is 0 Å². The summed E-state index contributed by atoms with van der Waals surface area (Å²) in [6.07, 6.45) is 1.48. The number of carbonyl (C=O) groups excluding carboxylic acids is 1. The molecular weight excluding hydrogens is 294 g/mol. The summed E-state index contributed by atoms with van der Waals surface area (Å²) in [6, 6.07) is 3.71. The van der Waals surface area contributed by atoms with Crippen molar-refractivity contribution in [3.05, 3.63) is 33.9 Å². The Labute approximate surface area is 126 Å². The smallest absolute Gasteiger partial charge is 0.349 e. The lowest BCUT2D eigenvalue weighted by atomic mass is 10.2. The SMILES string of the molecule is CCOC(=O)C(C(N)=NN=Cc1cccs1)=C(O)OCC. The van der Waals surface area contributed by atoms with Crippen molar-refractivity contribution < 1.29 is 19.4 Å². The van der Waals surface area contributed by atoms with Crippen LogP contribution in [0.4, 0.5) is 0 Å². The largest absolute Gasteiger partial charge is 0.480 e. The van der Waals surface area contributed by atoms with E-state index in [1.807, 2.05) is 17.5 Å². The number of aliphatic hydroxyl groups excluding tert-OH is 1. The lowest BCUT2D eigenvalue weighted by molar-refractivity contribution is -0.138. The third-order valence-electron chi connectivity index (χ3n) is 2.12. The fraction of sp³-hybridized carbons (Fsp3) is 0.308. The van der Waals surface area contributed by atoms with Gasteiger partial charge in [-0.15, -0.1) is 16.4 Å². The van der Waals surface area contributed by atoms with Gasteiger partial charge >= 0.3 is 5.97 Å². The summed E-state index contributed by atoms with van der Waals surface area (Å²) in [5.41, 5.74) is 5.32. The molecule has 8 heteroatoms. The Morgan fingerprint density at radius 2 is 2.14 bits per heavy atom. The van der Waals surface area contributed by atoms with Gasteiger partial charge in [0.1, 0.15) is 0 Å². The number of hydrogen-bond acceptors (Lipinski definition) is 7. The Morgan fingerprint density at radius 3 is 2.71 bits per heavy atom. The molecule has 1 aromatic rings. The number of nitrogens with two attached hydrogens (primary N) is 1. The molecular formula is C13H17N3O4S. The zero-order valence-electron chi connectivity index (χ0n) is 11.8. The average Bonchev–Trinajstić information content (AvgIpc) is 2.92. The molecule has 0 aliphatic carbocycles. The molecule has 1 rings (SSSR count). The minimum atomic E-state index is -0.823. The Bertz CT molecular complexity index is 550. The van der Waals surface area contributed by atoms with Crippen molar-refractivity contribution in [3.8, 4) is 0 Å². The third-order valence-corrected chi connectivity index (χ3v) is 2.93. The maximum Gasteiger partial charge on any atom is 0.349 e. The summed E-state index contributed by atoms with van der Waals surface area (Å²) in [5.74, 6) is -1.74. The van der Waals surface area contributed by atoms with Gasteiger partial charge in [-0.25, -0.2) is 4.79 Å². The molecule has 0 aliphatic rings. The molecule has 0 amide bonds. The number of thiophene rings is 1. The van der Waals surface area contributed by atoms with Crippen LogP contribution in [-0.4, -0.2) is 36.3 Å². The predicted octanol–water partition coefficient (Wildman–Crippen LogP) is 1.81. The molecule has 0 atom stereocenters. The molecule has 0 bridgehead atoms. The average molecular weight is 311 g/mol. The fourth-order valence-corrected chi connectivity index (χ4v) is 1.86. The van der Waals surface area contributed by atoms with Crippen LogP contribution in [0.1, 0.15) is 18.7 Å². The molecule has 0 spiro atoms.